The van der Waals surface area contributed by atoms with Crippen molar-refractivity contribution < 1.29 is 4.74 Å². The van der Waals surface area contributed by atoms with Gasteiger partial charge in [-0.25, -0.2) is 0 Å². The highest BCUT2D eigenvalue weighted by atomic mass is 16.5. The van der Waals surface area contributed by atoms with Crippen LogP contribution in [-0.2, 0) is 6.42 Å². The van der Waals surface area contributed by atoms with Gasteiger partial charge in [0.1, 0.15) is 5.75 Å². The molecule has 1 atom stereocenters. The summed E-state index contributed by atoms with van der Waals surface area (Å²) in [6.45, 7) is 2.12. The van der Waals surface area contributed by atoms with E-state index in [1.165, 1.54) is 30.4 Å². The van der Waals surface area contributed by atoms with Crippen molar-refractivity contribution in [1.29, 1.82) is 0 Å². The predicted octanol–water partition coefficient (Wildman–Crippen LogP) is 2.22. The van der Waals surface area contributed by atoms with Gasteiger partial charge in [0, 0.05) is 19.1 Å². The summed E-state index contributed by atoms with van der Waals surface area (Å²) in [5.74, 6) is 0.975. The van der Waals surface area contributed by atoms with E-state index in [9.17, 15) is 0 Å². The first kappa shape index (κ1) is 13.4. The first-order valence-corrected chi connectivity index (χ1v) is 6.78. The van der Waals surface area contributed by atoms with Gasteiger partial charge in [0.05, 0.1) is 7.11 Å². The van der Waals surface area contributed by atoms with E-state index in [0.29, 0.717) is 6.04 Å². The average molecular weight is 248 g/mol. The van der Waals surface area contributed by atoms with E-state index in [-0.39, 0.29) is 0 Å². The van der Waals surface area contributed by atoms with Gasteiger partial charge in [-0.1, -0.05) is 6.07 Å². The van der Waals surface area contributed by atoms with E-state index in [0.717, 1.165) is 18.8 Å². The van der Waals surface area contributed by atoms with Crippen molar-refractivity contribution in [2.24, 2.45) is 0 Å². The Labute approximate surface area is 110 Å². The maximum Gasteiger partial charge on any atom is 0.119 e. The highest BCUT2D eigenvalue weighted by Crippen LogP contribution is 2.35. The number of benzene rings is 1. The van der Waals surface area contributed by atoms with Crippen LogP contribution in [0.15, 0.2) is 18.2 Å². The van der Waals surface area contributed by atoms with Crippen LogP contribution in [0.5, 0.6) is 5.75 Å². The zero-order chi connectivity index (χ0) is 13.0. The van der Waals surface area contributed by atoms with Gasteiger partial charge in [0.2, 0.25) is 0 Å². The van der Waals surface area contributed by atoms with Crippen LogP contribution in [0.25, 0.3) is 0 Å². The number of nitrogens with zero attached hydrogens (tertiary/aromatic N) is 1. The number of hydrogen-bond acceptors (Lipinski definition) is 3. The lowest BCUT2D eigenvalue weighted by Gasteiger charge is -2.33. The molecule has 1 unspecified atom stereocenters. The maximum atomic E-state index is 5.36. The second-order valence-electron chi connectivity index (χ2n) is 5.06. The van der Waals surface area contributed by atoms with Crippen molar-refractivity contribution in [3.8, 4) is 5.75 Å². The molecule has 1 aromatic carbocycles. The van der Waals surface area contributed by atoms with E-state index >= 15 is 0 Å². The first-order valence-electron chi connectivity index (χ1n) is 6.78. The molecular weight excluding hydrogens is 224 g/mol. The van der Waals surface area contributed by atoms with Crippen LogP contribution in [-0.4, -0.2) is 39.2 Å². The Balaban J connectivity index is 2.20. The number of rotatable bonds is 5. The normalized spacial score (nSPS) is 18.8. The smallest absolute Gasteiger partial charge is 0.119 e. The van der Waals surface area contributed by atoms with Crippen molar-refractivity contribution in [2.45, 2.75) is 25.3 Å². The number of nitrogens with one attached hydrogen (secondary N) is 1. The number of ether oxygens (including phenoxy) is 1. The lowest BCUT2D eigenvalue weighted by atomic mass is 9.87. The molecule has 18 heavy (non-hydrogen) atoms. The van der Waals surface area contributed by atoms with Crippen LogP contribution in [0.3, 0.4) is 0 Å². The topological polar surface area (TPSA) is 24.5 Å². The summed E-state index contributed by atoms with van der Waals surface area (Å²) in [4.78, 5) is 2.45. The quantitative estimate of drug-likeness (QED) is 0.865. The maximum absolute atomic E-state index is 5.36. The Morgan fingerprint density at radius 2 is 2.28 bits per heavy atom. The summed E-state index contributed by atoms with van der Waals surface area (Å²) in [7, 11) is 5.96. The fourth-order valence-electron chi connectivity index (χ4n) is 2.78. The highest BCUT2D eigenvalue weighted by Gasteiger charge is 2.23. The summed E-state index contributed by atoms with van der Waals surface area (Å²) in [6, 6.07) is 7.06. The van der Waals surface area contributed by atoms with E-state index in [1.807, 2.05) is 7.05 Å². The van der Waals surface area contributed by atoms with Gasteiger partial charge in [-0.3, -0.25) is 4.90 Å². The lowest BCUT2D eigenvalue weighted by Crippen LogP contribution is -2.33. The molecule has 1 aliphatic carbocycles. The highest BCUT2D eigenvalue weighted by molar-refractivity contribution is 5.39. The molecule has 0 aliphatic heterocycles. The van der Waals surface area contributed by atoms with E-state index in [1.54, 1.807) is 7.11 Å². The van der Waals surface area contributed by atoms with E-state index in [4.69, 9.17) is 4.74 Å². The lowest BCUT2D eigenvalue weighted by molar-refractivity contribution is 0.222. The molecule has 1 aliphatic rings. The van der Waals surface area contributed by atoms with Crippen LogP contribution >= 0.6 is 0 Å². The Bertz CT molecular complexity index is 392. The second-order valence-corrected chi connectivity index (χ2v) is 5.06. The minimum atomic E-state index is 0.539. The van der Waals surface area contributed by atoms with Crippen molar-refractivity contribution in [1.82, 2.24) is 10.2 Å². The Morgan fingerprint density at radius 1 is 1.44 bits per heavy atom. The van der Waals surface area contributed by atoms with Gasteiger partial charge in [0.25, 0.3) is 0 Å². The Kier molecular flexibility index (Phi) is 4.61. The average Bonchev–Trinajstić information content (AvgIpc) is 2.43. The SMILES string of the molecule is CNCCN(C)C1CCCc2ccc(OC)cc21. The Hall–Kier alpha value is -1.06. The van der Waals surface area contributed by atoms with Crippen LogP contribution in [0.1, 0.15) is 30.0 Å². The number of likely N-dealkylation sites (N-methyl/N-ethyl adjacent to an activating group) is 2. The van der Waals surface area contributed by atoms with Crippen LogP contribution < -0.4 is 10.1 Å². The minimum Gasteiger partial charge on any atom is -0.497 e. The van der Waals surface area contributed by atoms with E-state index in [2.05, 4.69) is 35.5 Å². The van der Waals surface area contributed by atoms with Crippen molar-refractivity contribution >= 4 is 0 Å². The first-order chi connectivity index (χ1) is 8.76. The second kappa shape index (κ2) is 6.21. The largest absolute Gasteiger partial charge is 0.497 e. The van der Waals surface area contributed by atoms with Crippen molar-refractivity contribution in [2.75, 3.05) is 34.3 Å². The third-order valence-corrected chi connectivity index (χ3v) is 3.88. The molecule has 0 saturated carbocycles. The summed E-state index contributed by atoms with van der Waals surface area (Å²) in [5.41, 5.74) is 2.95. The third-order valence-electron chi connectivity index (χ3n) is 3.88. The molecule has 1 aromatic rings. The van der Waals surface area contributed by atoms with Gasteiger partial charge >= 0.3 is 0 Å². The van der Waals surface area contributed by atoms with E-state index < -0.39 is 0 Å². The standard InChI is InChI=1S/C15H24N2O/c1-16-9-10-17(2)15-6-4-5-12-7-8-13(18-3)11-14(12)15/h7-8,11,15-16H,4-6,9-10H2,1-3H3. The van der Waals surface area contributed by atoms with Crippen molar-refractivity contribution in [3.05, 3.63) is 29.3 Å². The molecule has 0 amide bonds. The molecule has 2 rings (SSSR count). The summed E-state index contributed by atoms with van der Waals surface area (Å²) in [6.07, 6.45) is 3.74. The third kappa shape index (κ3) is 2.85. The van der Waals surface area contributed by atoms with Gasteiger partial charge in [0.15, 0.2) is 0 Å². The van der Waals surface area contributed by atoms with Gasteiger partial charge < -0.3 is 10.1 Å². The molecular formula is C15H24N2O. The monoisotopic (exact) mass is 248 g/mol. The minimum absolute atomic E-state index is 0.539. The number of hydrogen-bond donors (Lipinski definition) is 1. The fourth-order valence-corrected chi connectivity index (χ4v) is 2.78. The molecule has 3 heteroatoms. The zero-order valence-electron chi connectivity index (χ0n) is 11.7. The predicted molar refractivity (Wildman–Crippen MR) is 75.2 cm³/mol. The zero-order valence-corrected chi connectivity index (χ0v) is 11.7. The molecule has 0 spiro atoms. The summed E-state index contributed by atoms with van der Waals surface area (Å²) in [5, 5.41) is 3.22. The molecule has 0 radical (unpaired) electrons. The van der Waals surface area contributed by atoms with Crippen LogP contribution in [0, 0.1) is 0 Å². The number of fused-ring (bicyclic) bond motifs is 1. The molecule has 3 nitrogen and oxygen atoms in total. The van der Waals surface area contributed by atoms with Gasteiger partial charge in [-0.05, 0) is 56.6 Å². The van der Waals surface area contributed by atoms with Crippen LogP contribution in [0.2, 0.25) is 0 Å². The van der Waals surface area contributed by atoms with Crippen molar-refractivity contribution in [3.63, 3.8) is 0 Å². The molecule has 0 bridgehead atoms. The summed E-state index contributed by atoms with van der Waals surface area (Å²) >= 11 is 0. The van der Waals surface area contributed by atoms with Gasteiger partial charge in [-0.2, -0.15) is 0 Å². The molecule has 100 valence electrons. The molecule has 0 heterocycles. The number of methoxy groups -OCH3 is 1. The molecule has 0 saturated heterocycles. The van der Waals surface area contributed by atoms with Gasteiger partial charge in [-0.15, -0.1) is 0 Å². The molecule has 0 fully saturated rings. The Morgan fingerprint density at radius 3 is 3.00 bits per heavy atom. The van der Waals surface area contributed by atoms with Crippen LogP contribution in [0.4, 0.5) is 0 Å². The number of aryl methyl sites for hydroxylation is 1. The summed E-state index contributed by atoms with van der Waals surface area (Å²) < 4.78 is 5.36. The fraction of sp³-hybridized carbons (Fsp3) is 0.600. The molecule has 0 aromatic heterocycles. The molecule has 1 N–H and O–H groups in total.